The van der Waals surface area contributed by atoms with Crippen LogP contribution in [-0.2, 0) is 13.0 Å². The lowest BCUT2D eigenvalue weighted by atomic mass is 9.98. The van der Waals surface area contributed by atoms with Gasteiger partial charge in [-0.15, -0.1) is 0 Å². The normalized spacial score (nSPS) is 17.4. The lowest BCUT2D eigenvalue weighted by Crippen LogP contribution is -2.46. The van der Waals surface area contributed by atoms with Crippen molar-refractivity contribution >= 4 is 34.7 Å². The van der Waals surface area contributed by atoms with E-state index in [1.165, 1.54) is 17.2 Å². The highest BCUT2D eigenvalue weighted by Crippen LogP contribution is 2.37. The molecule has 0 saturated carbocycles. The SMILES string of the molecule is COc1ccc2c(c1)CN(C1CC(c3ccc(Cl)cc3Cl)=NN1c1nc(-c3ccccc3F)oc1C)CC2. The van der Waals surface area contributed by atoms with Crippen LogP contribution in [-0.4, -0.2) is 35.4 Å². The number of halogens is 3. The van der Waals surface area contributed by atoms with Crippen molar-refractivity contribution in [2.24, 2.45) is 5.10 Å². The minimum atomic E-state index is -0.392. The summed E-state index contributed by atoms with van der Waals surface area (Å²) in [6, 6.07) is 18.1. The van der Waals surface area contributed by atoms with E-state index in [4.69, 9.17) is 42.4 Å². The zero-order valence-corrected chi connectivity index (χ0v) is 22.4. The van der Waals surface area contributed by atoms with Crippen molar-refractivity contribution in [3.63, 3.8) is 0 Å². The van der Waals surface area contributed by atoms with Crippen LogP contribution >= 0.6 is 23.2 Å². The maximum atomic E-state index is 14.5. The Kier molecular flexibility index (Phi) is 6.60. The number of methoxy groups -OCH3 is 1. The van der Waals surface area contributed by atoms with Crippen molar-refractivity contribution in [1.29, 1.82) is 0 Å². The summed E-state index contributed by atoms with van der Waals surface area (Å²) in [6.45, 7) is 3.39. The first-order valence-corrected chi connectivity index (χ1v) is 13.1. The minimum absolute atomic E-state index is 0.145. The van der Waals surface area contributed by atoms with Gasteiger partial charge in [0.1, 0.15) is 23.5 Å². The largest absolute Gasteiger partial charge is 0.497 e. The molecule has 6 nitrogen and oxygen atoms in total. The molecule has 9 heteroatoms. The number of benzene rings is 3. The summed E-state index contributed by atoms with van der Waals surface area (Å²) in [5, 5.41) is 7.98. The number of ether oxygens (including phenoxy) is 1. The zero-order valence-electron chi connectivity index (χ0n) is 20.9. The molecule has 2 aliphatic rings. The predicted molar refractivity (Wildman–Crippen MR) is 148 cm³/mol. The monoisotopic (exact) mass is 550 g/mol. The number of aryl methyl sites for hydroxylation is 1. The van der Waals surface area contributed by atoms with Crippen molar-refractivity contribution in [3.8, 4) is 17.2 Å². The van der Waals surface area contributed by atoms with Crippen LogP contribution in [0.15, 0.2) is 70.2 Å². The Morgan fingerprint density at radius 2 is 1.87 bits per heavy atom. The summed E-state index contributed by atoms with van der Waals surface area (Å²) in [4.78, 5) is 7.09. The lowest BCUT2D eigenvalue weighted by molar-refractivity contribution is 0.182. The van der Waals surface area contributed by atoms with Gasteiger partial charge in [-0.3, -0.25) is 4.90 Å². The molecule has 3 aromatic carbocycles. The summed E-state index contributed by atoms with van der Waals surface area (Å²) < 4.78 is 26.0. The number of hydrogen-bond donors (Lipinski definition) is 0. The molecule has 3 heterocycles. The van der Waals surface area contributed by atoms with E-state index in [2.05, 4.69) is 17.0 Å². The molecule has 6 rings (SSSR count). The Labute approximate surface area is 230 Å². The molecular weight excluding hydrogens is 526 g/mol. The van der Waals surface area contributed by atoms with Crippen LogP contribution in [0.3, 0.4) is 0 Å². The molecule has 0 aliphatic carbocycles. The van der Waals surface area contributed by atoms with E-state index in [0.717, 1.165) is 36.5 Å². The maximum Gasteiger partial charge on any atom is 0.231 e. The second kappa shape index (κ2) is 10.1. The van der Waals surface area contributed by atoms with Crippen molar-refractivity contribution in [1.82, 2.24) is 9.88 Å². The summed E-state index contributed by atoms with van der Waals surface area (Å²) in [5.74, 6) is 1.76. The molecule has 0 fully saturated rings. The van der Waals surface area contributed by atoms with Gasteiger partial charge >= 0.3 is 0 Å². The van der Waals surface area contributed by atoms with Gasteiger partial charge in [-0.05, 0) is 60.9 Å². The molecule has 0 bridgehead atoms. The Morgan fingerprint density at radius 1 is 1.03 bits per heavy atom. The van der Waals surface area contributed by atoms with E-state index in [-0.39, 0.29) is 12.1 Å². The van der Waals surface area contributed by atoms with Crippen LogP contribution in [0.5, 0.6) is 5.75 Å². The molecule has 0 radical (unpaired) electrons. The van der Waals surface area contributed by atoms with E-state index in [1.54, 1.807) is 31.4 Å². The van der Waals surface area contributed by atoms with Crippen LogP contribution in [0.25, 0.3) is 11.5 Å². The summed E-state index contributed by atoms with van der Waals surface area (Å²) in [6.07, 6.45) is 1.37. The Hall–Kier alpha value is -3.39. The molecule has 1 atom stereocenters. The fourth-order valence-electron chi connectivity index (χ4n) is 5.14. The highest BCUT2D eigenvalue weighted by molar-refractivity contribution is 6.37. The lowest BCUT2D eigenvalue weighted by Gasteiger charge is -2.37. The van der Waals surface area contributed by atoms with Gasteiger partial charge in [0.05, 0.1) is 23.4 Å². The van der Waals surface area contributed by atoms with Crippen LogP contribution < -0.4 is 9.75 Å². The number of nitrogens with zero attached hydrogens (tertiary/aromatic N) is 4. The molecule has 38 heavy (non-hydrogen) atoms. The highest BCUT2D eigenvalue weighted by Gasteiger charge is 2.38. The van der Waals surface area contributed by atoms with Crippen molar-refractivity contribution in [2.45, 2.75) is 32.5 Å². The molecule has 0 amide bonds. The third kappa shape index (κ3) is 4.55. The first-order chi connectivity index (χ1) is 18.4. The number of aromatic nitrogens is 1. The van der Waals surface area contributed by atoms with Crippen LogP contribution in [0.2, 0.25) is 10.0 Å². The second-order valence-corrected chi connectivity index (χ2v) is 10.3. The smallest absolute Gasteiger partial charge is 0.231 e. The first kappa shape index (κ1) is 24.9. The minimum Gasteiger partial charge on any atom is -0.497 e. The fourth-order valence-corrected chi connectivity index (χ4v) is 5.66. The molecule has 0 spiro atoms. The number of rotatable bonds is 5. The first-order valence-electron chi connectivity index (χ1n) is 12.4. The third-order valence-corrected chi connectivity index (χ3v) is 7.65. The fraction of sp³-hybridized carbons (Fsp3) is 0.241. The van der Waals surface area contributed by atoms with Gasteiger partial charge in [0, 0.05) is 30.1 Å². The molecule has 0 N–H and O–H groups in total. The quantitative estimate of drug-likeness (QED) is 0.265. The van der Waals surface area contributed by atoms with Gasteiger partial charge in [-0.25, -0.2) is 9.40 Å². The highest BCUT2D eigenvalue weighted by atomic mass is 35.5. The molecule has 194 valence electrons. The molecule has 2 aliphatic heterocycles. The molecule has 4 aromatic rings. The van der Waals surface area contributed by atoms with E-state index < -0.39 is 5.82 Å². The molecule has 0 saturated heterocycles. The topological polar surface area (TPSA) is 54.1 Å². The molecule has 1 unspecified atom stereocenters. The standard InChI is InChI=1S/C29H25Cl2FN4O2/c1-17-28(33-29(38-17)23-5-3-4-6-25(23)32)36-27(15-26(34-36)22-10-8-20(30)14-24(22)31)35-12-11-18-7-9-21(37-2)13-19(18)16-35/h3-10,13-14,27H,11-12,15-16H2,1-2H3. The zero-order chi connectivity index (χ0) is 26.4. The maximum absolute atomic E-state index is 14.5. The van der Waals surface area contributed by atoms with Gasteiger partial charge in [0.2, 0.25) is 5.89 Å². The van der Waals surface area contributed by atoms with Crippen molar-refractivity contribution in [2.75, 3.05) is 18.7 Å². The van der Waals surface area contributed by atoms with Crippen LogP contribution in [0, 0.1) is 12.7 Å². The van der Waals surface area contributed by atoms with Gasteiger partial charge in [0.25, 0.3) is 0 Å². The van der Waals surface area contributed by atoms with E-state index in [1.807, 2.05) is 30.1 Å². The molecule has 1 aromatic heterocycles. The Balaban J connectivity index is 1.40. The van der Waals surface area contributed by atoms with Crippen molar-refractivity contribution in [3.05, 3.63) is 99.0 Å². The van der Waals surface area contributed by atoms with Crippen LogP contribution in [0.1, 0.15) is 28.9 Å². The molecular formula is C29H25Cl2FN4O2. The average molecular weight is 551 g/mol. The number of fused-ring (bicyclic) bond motifs is 1. The summed E-state index contributed by atoms with van der Waals surface area (Å²) in [5.41, 5.74) is 4.48. The second-order valence-electron chi connectivity index (χ2n) is 9.43. The van der Waals surface area contributed by atoms with Gasteiger partial charge in [-0.2, -0.15) is 10.1 Å². The van der Waals surface area contributed by atoms with E-state index in [9.17, 15) is 4.39 Å². The summed E-state index contributed by atoms with van der Waals surface area (Å²) in [7, 11) is 1.68. The van der Waals surface area contributed by atoms with Gasteiger partial charge in [0.15, 0.2) is 5.82 Å². The summed E-state index contributed by atoms with van der Waals surface area (Å²) >= 11 is 12.7. The predicted octanol–water partition coefficient (Wildman–Crippen LogP) is 7.10. The average Bonchev–Trinajstić information content (AvgIpc) is 3.52. The Bertz CT molecular complexity index is 1550. The van der Waals surface area contributed by atoms with E-state index >= 15 is 0 Å². The number of hydrogen-bond acceptors (Lipinski definition) is 6. The number of hydrazone groups is 1. The van der Waals surface area contributed by atoms with Crippen LogP contribution in [0.4, 0.5) is 10.2 Å². The van der Waals surface area contributed by atoms with Crippen molar-refractivity contribution < 1.29 is 13.5 Å². The Morgan fingerprint density at radius 3 is 2.66 bits per heavy atom. The number of oxazole rings is 1. The third-order valence-electron chi connectivity index (χ3n) is 7.10. The van der Waals surface area contributed by atoms with Gasteiger partial charge in [-0.1, -0.05) is 47.5 Å². The number of anilines is 1. The van der Waals surface area contributed by atoms with Gasteiger partial charge < -0.3 is 9.15 Å². The van der Waals surface area contributed by atoms with E-state index in [0.29, 0.717) is 33.6 Å².